The lowest BCUT2D eigenvalue weighted by molar-refractivity contribution is -0.142. The Morgan fingerprint density at radius 3 is 1.20 bits per heavy atom. The van der Waals surface area contributed by atoms with Crippen molar-refractivity contribution in [2.45, 2.75) is 24.3 Å². The first-order valence-corrected chi connectivity index (χ1v) is 13.1. The maximum Gasteiger partial charge on any atom is 0.261 e. The van der Waals surface area contributed by atoms with Gasteiger partial charge in [0, 0.05) is 14.1 Å². The minimum absolute atomic E-state index is 0.289. The Hall–Kier alpha value is -4.54. The number of hydrogen-bond acceptors (Lipinski definition) is 8. The molecule has 202 valence electrons. The zero-order valence-electron chi connectivity index (χ0n) is 21.8. The largest absolute Gasteiger partial charge is 0.283 e. The van der Waals surface area contributed by atoms with Gasteiger partial charge in [-0.05, 0) is 35.4 Å². The molecule has 3 aromatic carbocycles. The van der Waals surface area contributed by atoms with Gasteiger partial charge in [0.25, 0.3) is 11.8 Å². The molecule has 10 nitrogen and oxygen atoms in total. The Labute approximate surface area is 230 Å². The average molecular weight is 539 g/mol. The van der Waals surface area contributed by atoms with E-state index in [1.54, 1.807) is 10.1 Å². The maximum absolute atomic E-state index is 13.2. The SMILES string of the molecule is CN1C(=O)[C@@H]2[C@@H](ON(c3ccccc3)[C@H]2c2ccc([C@H]3[C@@H]4C(=O)N(C)C(=O)[C@@H]4ON3c3ccccc3)cc2)C1=O. The van der Waals surface area contributed by atoms with Gasteiger partial charge in [0.15, 0.2) is 12.2 Å². The number of carbonyl (C=O) groups excluding carboxylic acids is 4. The van der Waals surface area contributed by atoms with Crippen LogP contribution < -0.4 is 10.1 Å². The Balaban J connectivity index is 1.28. The Bertz CT molecular complexity index is 1400. The van der Waals surface area contributed by atoms with Crippen molar-refractivity contribution in [2.75, 3.05) is 24.2 Å². The third kappa shape index (κ3) is 3.42. The van der Waals surface area contributed by atoms with Gasteiger partial charge in [-0.3, -0.25) is 38.7 Å². The molecular formula is C30H26N4O6. The van der Waals surface area contributed by atoms with Crippen molar-refractivity contribution in [1.82, 2.24) is 9.80 Å². The summed E-state index contributed by atoms with van der Waals surface area (Å²) >= 11 is 0. The smallest absolute Gasteiger partial charge is 0.261 e. The molecule has 0 aliphatic carbocycles. The van der Waals surface area contributed by atoms with Crippen LogP contribution in [0.3, 0.4) is 0 Å². The molecule has 0 aromatic heterocycles. The summed E-state index contributed by atoms with van der Waals surface area (Å²) in [5.41, 5.74) is 3.03. The standard InChI is InChI=1S/C30H26N4O6/c1-31-27(35)21-23(33(39-25(21)29(31)37)19-9-5-3-6-10-19)17-13-15-18(16-14-17)24-22-26(30(38)32(2)28(22)36)40-34(24)20-11-7-4-8-12-20/h3-16,21-26H,1-2H3/t21-,22-,23-,24-,25+,26+/m0/s1. The molecule has 0 radical (unpaired) electrons. The third-order valence-corrected chi connectivity index (χ3v) is 8.31. The van der Waals surface area contributed by atoms with Crippen LogP contribution in [0.4, 0.5) is 11.4 Å². The second-order valence-electron chi connectivity index (χ2n) is 10.5. The molecule has 40 heavy (non-hydrogen) atoms. The van der Waals surface area contributed by atoms with Gasteiger partial charge in [-0.2, -0.15) is 0 Å². The molecule has 7 rings (SSSR count). The molecule has 0 saturated carbocycles. The monoisotopic (exact) mass is 538 g/mol. The molecule has 4 aliphatic rings. The van der Waals surface area contributed by atoms with E-state index in [0.29, 0.717) is 0 Å². The number of hydrogen-bond donors (Lipinski definition) is 0. The molecule has 6 atom stereocenters. The summed E-state index contributed by atoms with van der Waals surface area (Å²) in [6, 6.07) is 25.2. The maximum atomic E-state index is 13.2. The predicted molar refractivity (Wildman–Crippen MR) is 142 cm³/mol. The normalized spacial score (nSPS) is 29.6. The van der Waals surface area contributed by atoms with Crippen molar-refractivity contribution in [2.24, 2.45) is 11.8 Å². The number of benzene rings is 3. The summed E-state index contributed by atoms with van der Waals surface area (Å²) in [5, 5.41) is 3.29. The van der Waals surface area contributed by atoms with Crippen molar-refractivity contribution in [3.63, 3.8) is 0 Å². The van der Waals surface area contributed by atoms with E-state index in [1.807, 2.05) is 84.9 Å². The van der Waals surface area contributed by atoms with Crippen LogP contribution in [-0.4, -0.2) is 59.7 Å². The van der Waals surface area contributed by atoms with Gasteiger partial charge in [-0.15, -0.1) is 0 Å². The van der Waals surface area contributed by atoms with E-state index in [2.05, 4.69) is 0 Å². The molecule has 0 bridgehead atoms. The number of likely N-dealkylation sites (tertiary alicyclic amines) is 2. The number of hydroxylamine groups is 2. The lowest BCUT2D eigenvalue weighted by Crippen LogP contribution is -2.35. The second kappa shape index (κ2) is 9.00. The van der Waals surface area contributed by atoms with Crippen LogP contribution >= 0.6 is 0 Å². The Morgan fingerprint density at radius 2 is 0.850 bits per heavy atom. The highest BCUT2D eigenvalue weighted by molar-refractivity contribution is 6.08. The molecule has 4 fully saturated rings. The number of anilines is 2. The molecule has 10 heteroatoms. The molecule has 0 N–H and O–H groups in total. The summed E-state index contributed by atoms with van der Waals surface area (Å²) in [5.74, 6) is -2.71. The summed E-state index contributed by atoms with van der Waals surface area (Å²) in [6.07, 6.45) is -1.81. The molecule has 0 unspecified atom stereocenters. The average Bonchev–Trinajstić information content (AvgIpc) is 3.69. The highest BCUT2D eigenvalue weighted by atomic mass is 16.7. The van der Waals surface area contributed by atoms with Crippen LogP contribution in [0.2, 0.25) is 0 Å². The van der Waals surface area contributed by atoms with Crippen LogP contribution in [0, 0.1) is 11.8 Å². The number of nitrogens with zero attached hydrogens (tertiary/aromatic N) is 4. The number of carbonyl (C=O) groups is 4. The van der Waals surface area contributed by atoms with Crippen LogP contribution in [0.5, 0.6) is 0 Å². The van der Waals surface area contributed by atoms with Gasteiger partial charge in [-0.1, -0.05) is 60.7 Å². The van der Waals surface area contributed by atoms with Crippen molar-refractivity contribution in [1.29, 1.82) is 0 Å². The first-order valence-electron chi connectivity index (χ1n) is 13.1. The fourth-order valence-electron chi connectivity index (χ4n) is 6.27. The van der Waals surface area contributed by atoms with Crippen molar-refractivity contribution in [3.8, 4) is 0 Å². The van der Waals surface area contributed by atoms with Gasteiger partial charge in [-0.25, -0.2) is 10.1 Å². The zero-order valence-corrected chi connectivity index (χ0v) is 21.8. The number of imide groups is 2. The van der Waals surface area contributed by atoms with Crippen molar-refractivity contribution in [3.05, 3.63) is 96.1 Å². The molecule has 0 spiro atoms. The summed E-state index contributed by atoms with van der Waals surface area (Å²) in [6.45, 7) is 0. The highest BCUT2D eigenvalue weighted by Gasteiger charge is 2.60. The molecule has 4 heterocycles. The van der Waals surface area contributed by atoms with E-state index >= 15 is 0 Å². The number of likely N-dealkylation sites (N-methyl/N-ethyl adjacent to an activating group) is 2. The van der Waals surface area contributed by atoms with E-state index in [4.69, 9.17) is 9.68 Å². The fourth-order valence-corrected chi connectivity index (χ4v) is 6.27. The highest BCUT2D eigenvalue weighted by Crippen LogP contribution is 2.49. The third-order valence-electron chi connectivity index (χ3n) is 8.31. The minimum Gasteiger partial charge on any atom is -0.283 e. The Morgan fingerprint density at radius 1 is 0.500 bits per heavy atom. The summed E-state index contributed by atoms with van der Waals surface area (Å²) in [7, 11) is 2.95. The zero-order chi connectivity index (χ0) is 27.7. The number of rotatable bonds is 4. The van der Waals surface area contributed by atoms with Crippen LogP contribution in [0.1, 0.15) is 23.2 Å². The lowest BCUT2D eigenvalue weighted by atomic mass is 9.87. The van der Waals surface area contributed by atoms with E-state index in [1.165, 1.54) is 14.1 Å². The first kappa shape index (κ1) is 24.5. The van der Waals surface area contributed by atoms with Gasteiger partial charge in [0.1, 0.15) is 11.8 Å². The molecular weight excluding hydrogens is 512 g/mol. The van der Waals surface area contributed by atoms with E-state index in [0.717, 1.165) is 32.3 Å². The van der Waals surface area contributed by atoms with Gasteiger partial charge in [0.05, 0.1) is 23.5 Å². The quantitative estimate of drug-likeness (QED) is 0.468. The molecule has 4 amide bonds. The fraction of sp³-hybridized carbons (Fsp3) is 0.267. The van der Waals surface area contributed by atoms with Gasteiger partial charge in [0.2, 0.25) is 11.8 Å². The summed E-state index contributed by atoms with van der Waals surface area (Å²) in [4.78, 5) is 66.4. The number of para-hydroxylation sites is 2. The van der Waals surface area contributed by atoms with Crippen molar-refractivity contribution >= 4 is 35.0 Å². The van der Waals surface area contributed by atoms with E-state index in [-0.39, 0.29) is 23.6 Å². The molecule has 4 saturated heterocycles. The topological polar surface area (TPSA) is 99.7 Å². The van der Waals surface area contributed by atoms with Crippen LogP contribution in [0.15, 0.2) is 84.9 Å². The summed E-state index contributed by atoms with van der Waals surface area (Å²) < 4.78 is 0. The molecule has 3 aromatic rings. The number of amides is 4. The lowest BCUT2D eigenvalue weighted by Gasteiger charge is -2.30. The Kier molecular flexibility index (Phi) is 5.51. The van der Waals surface area contributed by atoms with Crippen molar-refractivity contribution < 1.29 is 28.9 Å². The minimum atomic E-state index is -0.905. The van der Waals surface area contributed by atoms with Gasteiger partial charge >= 0.3 is 0 Å². The van der Waals surface area contributed by atoms with E-state index < -0.39 is 36.1 Å². The van der Waals surface area contributed by atoms with Crippen LogP contribution in [-0.2, 0) is 28.9 Å². The predicted octanol–water partition coefficient (Wildman–Crippen LogP) is 2.64. The van der Waals surface area contributed by atoms with E-state index in [9.17, 15) is 19.2 Å². The van der Waals surface area contributed by atoms with Crippen LogP contribution in [0.25, 0.3) is 0 Å². The second-order valence-corrected chi connectivity index (χ2v) is 10.5. The van der Waals surface area contributed by atoms with Gasteiger partial charge < -0.3 is 0 Å². The number of fused-ring (bicyclic) bond motifs is 2. The first-order chi connectivity index (χ1) is 19.4. The molecule has 4 aliphatic heterocycles.